The Morgan fingerprint density at radius 3 is 2.50 bits per heavy atom. The molecule has 1 aromatic rings. The van der Waals surface area contributed by atoms with Crippen LogP contribution in [0.5, 0.6) is 0 Å². The van der Waals surface area contributed by atoms with Crippen LogP contribution in [0.2, 0.25) is 0 Å². The van der Waals surface area contributed by atoms with Gasteiger partial charge in [0.2, 0.25) is 11.8 Å². The standard InChI is InChI=1S/C15H21N3O3.ClH/c1-15(17,10-5-3-2-4-6-10)14(20)18-9-11-7-8-12(21-11)13(16)19;/h2-6,11-12H,7-9,17H2,1H3,(H2,16,19)(H,18,20);1H. The molecule has 1 fully saturated rings. The Bertz CT molecular complexity index is 522. The van der Waals surface area contributed by atoms with E-state index in [0.29, 0.717) is 19.4 Å². The maximum Gasteiger partial charge on any atom is 0.246 e. The van der Waals surface area contributed by atoms with Crippen molar-refractivity contribution in [1.82, 2.24) is 5.32 Å². The second kappa shape index (κ2) is 7.58. The number of halogens is 1. The first-order valence-electron chi connectivity index (χ1n) is 6.98. The average Bonchev–Trinajstić information content (AvgIpc) is 2.94. The minimum Gasteiger partial charge on any atom is -0.367 e. The summed E-state index contributed by atoms with van der Waals surface area (Å²) in [5.41, 5.74) is 10.9. The summed E-state index contributed by atoms with van der Waals surface area (Å²) in [4.78, 5) is 23.3. The van der Waals surface area contributed by atoms with Crippen LogP contribution < -0.4 is 16.8 Å². The number of carbonyl (C=O) groups excluding carboxylic acids is 2. The number of primary amides is 1. The number of hydrogen-bond acceptors (Lipinski definition) is 4. The molecule has 6 nitrogen and oxygen atoms in total. The zero-order chi connectivity index (χ0) is 15.5. The van der Waals surface area contributed by atoms with Crippen LogP contribution in [0, 0.1) is 0 Å². The number of hydrogen-bond donors (Lipinski definition) is 3. The third-order valence-electron chi connectivity index (χ3n) is 3.76. The first kappa shape index (κ1) is 18.4. The van der Waals surface area contributed by atoms with Gasteiger partial charge in [0.05, 0.1) is 6.10 Å². The highest BCUT2D eigenvalue weighted by atomic mass is 35.5. The van der Waals surface area contributed by atoms with Crippen molar-refractivity contribution in [3.63, 3.8) is 0 Å². The average molecular weight is 328 g/mol. The Morgan fingerprint density at radius 1 is 1.32 bits per heavy atom. The Balaban J connectivity index is 0.00000242. The van der Waals surface area contributed by atoms with E-state index in [1.165, 1.54) is 0 Å². The van der Waals surface area contributed by atoms with E-state index in [-0.39, 0.29) is 24.4 Å². The molecule has 1 heterocycles. The zero-order valence-corrected chi connectivity index (χ0v) is 13.3. The molecule has 22 heavy (non-hydrogen) atoms. The number of rotatable bonds is 5. The predicted molar refractivity (Wildman–Crippen MR) is 85.3 cm³/mol. The molecule has 0 aromatic heterocycles. The van der Waals surface area contributed by atoms with Gasteiger partial charge in [0, 0.05) is 6.54 Å². The zero-order valence-electron chi connectivity index (χ0n) is 12.5. The molecule has 5 N–H and O–H groups in total. The number of amides is 2. The third-order valence-corrected chi connectivity index (χ3v) is 3.76. The number of benzene rings is 1. The van der Waals surface area contributed by atoms with Gasteiger partial charge in [-0.15, -0.1) is 12.4 Å². The summed E-state index contributed by atoms with van der Waals surface area (Å²) in [5.74, 6) is -0.739. The highest BCUT2D eigenvalue weighted by molar-refractivity contribution is 5.87. The van der Waals surface area contributed by atoms with Crippen LogP contribution in [0.3, 0.4) is 0 Å². The highest BCUT2D eigenvalue weighted by Gasteiger charge is 2.33. The van der Waals surface area contributed by atoms with E-state index in [2.05, 4.69) is 5.32 Å². The summed E-state index contributed by atoms with van der Waals surface area (Å²) < 4.78 is 5.46. The minimum absolute atomic E-state index is 0. The summed E-state index contributed by atoms with van der Waals surface area (Å²) in [6, 6.07) is 9.17. The fourth-order valence-corrected chi connectivity index (χ4v) is 2.37. The predicted octanol–water partition coefficient (Wildman–Crippen LogP) is 0.431. The Kier molecular flexibility index (Phi) is 6.34. The molecule has 7 heteroatoms. The van der Waals surface area contributed by atoms with E-state index in [0.717, 1.165) is 5.56 Å². The van der Waals surface area contributed by atoms with E-state index in [1.54, 1.807) is 6.92 Å². The molecule has 2 rings (SSSR count). The maximum absolute atomic E-state index is 12.3. The van der Waals surface area contributed by atoms with Crippen LogP contribution in [-0.4, -0.2) is 30.6 Å². The van der Waals surface area contributed by atoms with Crippen LogP contribution in [0.15, 0.2) is 30.3 Å². The molecular weight excluding hydrogens is 306 g/mol. The quantitative estimate of drug-likeness (QED) is 0.729. The Morgan fingerprint density at radius 2 is 1.95 bits per heavy atom. The lowest BCUT2D eigenvalue weighted by atomic mass is 9.92. The smallest absolute Gasteiger partial charge is 0.246 e. The van der Waals surface area contributed by atoms with Gasteiger partial charge in [-0.3, -0.25) is 9.59 Å². The summed E-state index contributed by atoms with van der Waals surface area (Å²) in [7, 11) is 0. The molecule has 1 aliphatic rings. The molecular formula is C15H22ClN3O3. The SMILES string of the molecule is CC(N)(C(=O)NCC1CCC(C(N)=O)O1)c1ccccc1.Cl. The number of nitrogens with one attached hydrogen (secondary N) is 1. The van der Waals surface area contributed by atoms with E-state index < -0.39 is 17.6 Å². The van der Waals surface area contributed by atoms with E-state index in [4.69, 9.17) is 16.2 Å². The maximum atomic E-state index is 12.3. The summed E-state index contributed by atoms with van der Waals surface area (Å²) >= 11 is 0. The molecule has 3 unspecified atom stereocenters. The van der Waals surface area contributed by atoms with Crippen LogP contribution in [0.25, 0.3) is 0 Å². The summed E-state index contributed by atoms with van der Waals surface area (Å²) in [5, 5.41) is 2.78. The van der Waals surface area contributed by atoms with Crippen molar-refractivity contribution in [1.29, 1.82) is 0 Å². The van der Waals surface area contributed by atoms with Crippen LogP contribution in [0.4, 0.5) is 0 Å². The van der Waals surface area contributed by atoms with Crippen LogP contribution >= 0.6 is 12.4 Å². The normalized spacial score (nSPS) is 23.2. The number of carbonyl (C=O) groups is 2. The second-order valence-electron chi connectivity index (χ2n) is 5.50. The van der Waals surface area contributed by atoms with Gasteiger partial charge in [0.25, 0.3) is 0 Å². The van der Waals surface area contributed by atoms with Gasteiger partial charge in [-0.1, -0.05) is 30.3 Å². The molecule has 3 atom stereocenters. The van der Waals surface area contributed by atoms with Gasteiger partial charge in [-0.25, -0.2) is 0 Å². The van der Waals surface area contributed by atoms with Crippen molar-refractivity contribution in [2.75, 3.05) is 6.54 Å². The van der Waals surface area contributed by atoms with Crippen molar-refractivity contribution in [2.45, 2.75) is 37.5 Å². The third kappa shape index (κ3) is 4.19. The molecule has 0 bridgehead atoms. The van der Waals surface area contributed by atoms with Crippen LogP contribution in [-0.2, 0) is 19.9 Å². The fourth-order valence-electron chi connectivity index (χ4n) is 2.37. The fraction of sp³-hybridized carbons (Fsp3) is 0.467. The number of nitrogens with two attached hydrogens (primary N) is 2. The van der Waals surface area contributed by atoms with Gasteiger partial charge in [-0.05, 0) is 25.3 Å². The lowest BCUT2D eigenvalue weighted by Crippen LogP contribution is -2.50. The van der Waals surface area contributed by atoms with Gasteiger partial charge in [0.15, 0.2) is 0 Å². The van der Waals surface area contributed by atoms with Crippen molar-refractivity contribution in [3.8, 4) is 0 Å². The van der Waals surface area contributed by atoms with E-state index >= 15 is 0 Å². The monoisotopic (exact) mass is 327 g/mol. The minimum atomic E-state index is -1.11. The Hall–Kier alpha value is -1.63. The molecule has 1 saturated heterocycles. The van der Waals surface area contributed by atoms with E-state index in [1.807, 2.05) is 30.3 Å². The molecule has 0 aliphatic carbocycles. The van der Waals surface area contributed by atoms with Gasteiger partial charge in [0.1, 0.15) is 11.6 Å². The summed E-state index contributed by atoms with van der Waals surface area (Å²) in [6.07, 6.45) is 0.540. The van der Waals surface area contributed by atoms with Crippen molar-refractivity contribution < 1.29 is 14.3 Å². The molecule has 1 aliphatic heterocycles. The van der Waals surface area contributed by atoms with Crippen molar-refractivity contribution in [2.24, 2.45) is 11.5 Å². The molecule has 122 valence electrons. The molecule has 0 radical (unpaired) electrons. The van der Waals surface area contributed by atoms with Crippen molar-refractivity contribution in [3.05, 3.63) is 35.9 Å². The first-order valence-corrected chi connectivity index (χ1v) is 6.98. The number of ether oxygens (including phenoxy) is 1. The molecule has 0 spiro atoms. The largest absolute Gasteiger partial charge is 0.367 e. The molecule has 0 saturated carbocycles. The van der Waals surface area contributed by atoms with Gasteiger partial charge >= 0.3 is 0 Å². The van der Waals surface area contributed by atoms with Gasteiger partial charge in [-0.2, -0.15) is 0 Å². The first-order chi connectivity index (χ1) is 9.91. The lowest BCUT2D eigenvalue weighted by molar-refractivity contribution is -0.129. The Labute approximate surface area is 136 Å². The topological polar surface area (TPSA) is 107 Å². The summed E-state index contributed by atoms with van der Waals surface area (Å²) in [6.45, 7) is 1.99. The van der Waals surface area contributed by atoms with Crippen molar-refractivity contribution >= 4 is 24.2 Å². The highest BCUT2D eigenvalue weighted by Crippen LogP contribution is 2.20. The van der Waals surface area contributed by atoms with Crippen LogP contribution in [0.1, 0.15) is 25.3 Å². The van der Waals surface area contributed by atoms with E-state index in [9.17, 15) is 9.59 Å². The molecule has 1 aromatic carbocycles. The lowest BCUT2D eigenvalue weighted by Gasteiger charge is -2.25. The second-order valence-corrected chi connectivity index (χ2v) is 5.50. The molecule has 2 amide bonds. The van der Waals surface area contributed by atoms with Gasteiger partial charge < -0.3 is 21.5 Å².